The van der Waals surface area contributed by atoms with Crippen molar-refractivity contribution >= 4 is 34.3 Å². The molecule has 2 rings (SSSR count). The number of halogens is 1. The second-order valence-electron chi connectivity index (χ2n) is 4.46. The average Bonchev–Trinajstić information content (AvgIpc) is 2.96. The van der Waals surface area contributed by atoms with E-state index in [-0.39, 0.29) is 23.6 Å². The van der Waals surface area contributed by atoms with Crippen LogP contribution in [0.5, 0.6) is 0 Å². The fourth-order valence-corrected chi connectivity index (χ4v) is 2.36. The molecule has 0 saturated carbocycles. The molecule has 0 bridgehead atoms. The number of carbonyl (C=O) groups is 1. The molecule has 2 aromatic rings. The first-order chi connectivity index (χ1) is 11.5. The minimum atomic E-state index is -0.631. The van der Waals surface area contributed by atoms with Crippen LogP contribution < -0.4 is 5.43 Å². The van der Waals surface area contributed by atoms with Crippen LogP contribution >= 0.6 is 11.3 Å². The molecule has 1 aromatic carbocycles. The Morgan fingerprint density at radius 1 is 1.58 bits per heavy atom. The summed E-state index contributed by atoms with van der Waals surface area (Å²) in [6, 6.07) is 3.15. The zero-order valence-electron chi connectivity index (χ0n) is 12.6. The molecule has 0 aliphatic carbocycles. The number of aromatic nitrogens is 1. The molecule has 0 saturated heterocycles. The van der Waals surface area contributed by atoms with Crippen molar-refractivity contribution in [1.29, 1.82) is 0 Å². The largest absolute Gasteiger partial charge is 0.466 e. The first kappa shape index (κ1) is 17.5. The number of non-ortho nitro benzene ring substituents is 1. The minimum Gasteiger partial charge on any atom is -0.466 e. The SMILES string of the molecule is CCOC(=O)Cc1csc(NN=Cc2cc([N+](=O)[O-])ccc2F)n1. The van der Waals surface area contributed by atoms with Gasteiger partial charge in [0.2, 0.25) is 5.13 Å². The lowest BCUT2D eigenvalue weighted by atomic mass is 10.2. The lowest BCUT2D eigenvalue weighted by Crippen LogP contribution is -2.07. The molecule has 0 aliphatic heterocycles. The lowest BCUT2D eigenvalue weighted by Gasteiger charge is -1.98. The topological polar surface area (TPSA) is 107 Å². The first-order valence-electron chi connectivity index (χ1n) is 6.82. The van der Waals surface area contributed by atoms with Gasteiger partial charge in [0, 0.05) is 23.1 Å². The fourth-order valence-electron chi connectivity index (χ4n) is 1.70. The number of rotatable bonds is 7. The number of benzene rings is 1. The smallest absolute Gasteiger partial charge is 0.311 e. The summed E-state index contributed by atoms with van der Waals surface area (Å²) in [6.45, 7) is 2.01. The molecule has 1 heterocycles. The van der Waals surface area contributed by atoms with Gasteiger partial charge in [0.15, 0.2) is 0 Å². The standard InChI is InChI=1S/C14H13FN4O4S/c1-2-23-13(20)6-10-8-24-14(17-10)18-16-7-9-5-11(19(21)22)3-4-12(9)15/h3-5,7-8H,2,6H2,1H3,(H,17,18). The van der Waals surface area contributed by atoms with Crippen molar-refractivity contribution in [2.24, 2.45) is 5.10 Å². The van der Waals surface area contributed by atoms with Gasteiger partial charge in [0.1, 0.15) is 5.82 Å². The Morgan fingerprint density at radius 3 is 3.08 bits per heavy atom. The highest BCUT2D eigenvalue weighted by atomic mass is 32.1. The summed E-state index contributed by atoms with van der Waals surface area (Å²) in [5.41, 5.74) is 2.85. The van der Waals surface area contributed by atoms with Crippen LogP contribution in [-0.2, 0) is 16.0 Å². The summed E-state index contributed by atoms with van der Waals surface area (Å²) >= 11 is 1.21. The van der Waals surface area contributed by atoms with Crippen LogP contribution in [0.1, 0.15) is 18.2 Å². The predicted molar refractivity (Wildman–Crippen MR) is 86.7 cm³/mol. The van der Waals surface area contributed by atoms with Crippen molar-refractivity contribution in [2.45, 2.75) is 13.3 Å². The Labute approximate surface area is 140 Å². The van der Waals surface area contributed by atoms with Crippen molar-refractivity contribution < 1.29 is 18.8 Å². The van der Waals surface area contributed by atoms with Crippen LogP contribution in [-0.4, -0.2) is 28.7 Å². The average molecular weight is 352 g/mol. The number of esters is 1. The molecule has 0 fully saturated rings. The van der Waals surface area contributed by atoms with Crippen LogP contribution in [0, 0.1) is 15.9 Å². The molecule has 1 N–H and O–H groups in total. The zero-order valence-corrected chi connectivity index (χ0v) is 13.4. The molecule has 0 spiro atoms. The number of carbonyl (C=O) groups excluding carboxylic acids is 1. The van der Waals surface area contributed by atoms with E-state index >= 15 is 0 Å². The number of nitrogens with zero attached hydrogens (tertiary/aromatic N) is 3. The van der Waals surface area contributed by atoms with Crippen molar-refractivity contribution in [3.05, 3.63) is 50.8 Å². The van der Waals surface area contributed by atoms with Gasteiger partial charge in [0.05, 0.1) is 29.9 Å². The van der Waals surface area contributed by atoms with Crippen LogP contribution in [0.25, 0.3) is 0 Å². The monoisotopic (exact) mass is 352 g/mol. The van der Waals surface area contributed by atoms with E-state index in [2.05, 4.69) is 15.5 Å². The number of nitro benzene ring substituents is 1. The van der Waals surface area contributed by atoms with Crippen LogP contribution in [0.3, 0.4) is 0 Å². The Bertz CT molecular complexity index is 778. The third kappa shape index (κ3) is 4.81. The Hall–Kier alpha value is -2.88. The number of thiazole rings is 1. The van der Waals surface area contributed by atoms with Crippen molar-refractivity contribution in [1.82, 2.24) is 4.98 Å². The van der Waals surface area contributed by atoms with Gasteiger partial charge in [-0.25, -0.2) is 9.37 Å². The van der Waals surface area contributed by atoms with Crippen LogP contribution in [0.4, 0.5) is 15.2 Å². The molecule has 0 unspecified atom stereocenters. The molecular weight excluding hydrogens is 339 g/mol. The number of hydrogen-bond donors (Lipinski definition) is 1. The zero-order chi connectivity index (χ0) is 17.5. The summed E-state index contributed by atoms with van der Waals surface area (Å²) in [4.78, 5) is 25.5. The minimum absolute atomic E-state index is 0.0278. The van der Waals surface area contributed by atoms with Gasteiger partial charge in [0.25, 0.3) is 5.69 Å². The van der Waals surface area contributed by atoms with Gasteiger partial charge in [-0.2, -0.15) is 5.10 Å². The van der Waals surface area contributed by atoms with Crippen molar-refractivity contribution in [3.63, 3.8) is 0 Å². The molecule has 8 nitrogen and oxygen atoms in total. The van der Waals surface area contributed by atoms with E-state index in [1.807, 2.05) is 0 Å². The molecule has 24 heavy (non-hydrogen) atoms. The number of ether oxygens (including phenoxy) is 1. The Kier molecular flexibility index (Phi) is 5.90. The van der Waals surface area contributed by atoms with Gasteiger partial charge in [-0.3, -0.25) is 20.3 Å². The highest BCUT2D eigenvalue weighted by Gasteiger charge is 2.10. The van der Waals surface area contributed by atoms with E-state index in [4.69, 9.17) is 4.74 Å². The van der Waals surface area contributed by atoms with Crippen molar-refractivity contribution in [2.75, 3.05) is 12.0 Å². The quantitative estimate of drug-likeness (QED) is 0.355. The highest BCUT2D eigenvalue weighted by Crippen LogP contribution is 2.17. The second-order valence-corrected chi connectivity index (χ2v) is 5.32. The van der Waals surface area contributed by atoms with Gasteiger partial charge in [-0.1, -0.05) is 0 Å². The Morgan fingerprint density at radius 2 is 2.38 bits per heavy atom. The second kappa shape index (κ2) is 8.11. The summed E-state index contributed by atoms with van der Waals surface area (Å²) in [5.74, 6) is -1.01. The van der Waals surface area contributed by atoms with E-state index in [9.17, 15) is 19.3 Å². The summed E-state index contributed by atoms with van der Waals surface area (Å²) < 4.78 is 18.4. The number of hydrogen-bond acceptors (Lipinski definition) is 8. The predicted octanol–water partition coefficient (Wildman–Crippen LogP) is 2.74. The number of hydrazone groups is 1. The van der Waals surface area contributed by atoms with Crippen LogP contribution in [0.15, 0.2) is 28.7 Å². The fraction of sp³-hybridized carbons (Fsp3) is 0.214. The maximum absolute atomic E-state index is 13.6. The van der Waals surface area contributed by atoms with E-state index in [1.54, 1.807) is 12.3 Å². The number of nitro groups is 1. The molecule has 10 heteroatoms. The molecule has 0 radical (unpaired) electrons. The molecular formula is C14H13FN4O4S. The first-order valence-corrected chi connectivity index (χ1v) is 7.70. The van der Waals surface area contributed by atoms with Gasteiger partial charge >= 0.3 is 5.97 Å². The maximum atomic E-state index is 13.6. The summed E-state index contributed by atoms with van der Waals surface area (Å²) in [7, 11) is 0. The lowest BCUT2D eigenvalue weighted by molar-refractivity contribution is -0.384. The molecule has 126 valence electrons. The Balaban J connectivity index is 1.99. The molecule has 0 atom stereocenters. The molecule has 0 aliphatic rings. The van der Waals surface area contributed by atoms with Gasteiger partial charge in [-0.05, 0) is 13.0 Å². The third-order valence-corrected chi connectivity index (χ3v) is 3.53. The summed E-state index contributed by atoms with van der Waals surface area (Å²) in [5, 5.41) is 16.5. The number of nitrogens with one attached hydrogen (secondary N) is 1. The number of anilines is 1. The van der Waals surface area contributed by atoms with E-state index in [0.717, 1.165) is 24.4 Å². The van der Waals surface area contributed by atoms with Gasteiger partial charge in [-0.15, -0.1) is 11.3 Å². The van der Waals surface area contributed by atoms with E-state index in [0.29, 0.717) is 17.4 Å². The van der Waals surface area contributed by atoms with Crippen molar-refractivity contribution in [3.8, 4) is 0 Å². The van der Waals surface area contributed by atoms with E-state index in [1.165, 1.54) is 11.3 Å². The molecule has 1 aromatic heterocycles. The highest BCUT2D eigenvalue weighted by molar-refractivity contribution is 7.13. The normalized spacial score (nSPS) is 10.8. The molecule has 0 amide bonds. The van der Waals surface area contributed by atoms with Gasteiger partial charge < -0.3 is 4.74 Å². The maximum Gasteiger partial charge on any atom is 0.311 e. The van der Waals surface area contributed by atoms with E-state index < -0.39 is 10.7 Å². The summed E-state index contributed by atoms with van der Waals surface area (Å²) in [6.07, 6.45) is 1.17. The third-order valence-electron chi connectivity index (χ3n) is 2.74. The van der Waals surface area contributed by atoms with Crippen LogP contribution in [0.2, 0.25) is 0 Å².